The van der Waals surface area contributed by atoms with Crippen molar-refractivity contribution in [3.05, 3.63) is 46.8 Å². The van der Waals surface area contributed by atoms with Crippen molar-refractivity contribution >= 4 is 33.0 Å². The van der Waals surface area contributed by atoms with Gasteiger partial charge in [-0.05, 0) is 42.8 Å². The van der Waals surface area contributed by atoms with Crippen LogP contribution >= 0.6 is 11.3 Å². The number of carbonyl (C=O) groups excluding carboxylic acids is 1. The number of amides is 1. The summed E-state index contributed by atoms with van der Waals surface area (Å²) in [5.74, 6) is -0.685. The summed E-state index contributed by atoms with van der Waals surface area (Å²) in [6, 6.07) is 7.01. The minimum atomic E-state index is -4.46. The summed E-state index contributed by atoms with van der Waals surface area (Å²) < 4.78 is 63.8. The molecule has 0 aliphatic rings. The molecule has 0 saturated heterocycles. The molecule has 0 saturated carbocycles. The SMILES string of the molecule is CCc1ccc(S(=O)(=O)NCC(=O)Nc2ccc(C(F)(F)F)cc2)s1. The van der Waals surface area contributed by atoms with Crippen LogP contribution in [0.1, 0.15) is 17.4 Å². The van der Waals surface area contributed by atoms with Crippen LogP contribution in [0.3, 0.4) is 0 Å². The van der Waals surface area contributed by atoms with Gasteiger partial charge in [-0.15, -0.1) is 11.3 Å². The third-order valence-corrected chi connectivity index (χ3v) is 6.29. The predicted molar refractivity (Wildman–Crippen MR) is 89.0 cm³/mol. The largest absolute Gasteiger partial charge is 0.416 e. The minimum absolute atomic E-state index is 0.103. The van der Waals surface area contributed by atoms with Crippen LogP contribution < -0.4 is 10.0 Å². The number of hydrogen-bond donors (Lipinski definition) is 2. The van der Waals surface area contributed by atoms with E-state index in [9.17, 15) is 26.4 Å². The quantitative estimate of drug-likeness (QED) is 0.793. The Morgan fingerprint density at radius 1 is 1.12 bits per heavy atom. The lowest BCUT2D eigenvalue weighted by atomic mass is 10.2. The van der Waals surface area contributed by atoms with E-state index in [-0.39, 0.29) is 9.90 Å². The molecule has 1 aromatic heterocycles. The van der Waals surface area contributed by atoms with Gasteiger partial charge in [-0.2, -0.15) is 13.2 Å². The van der Waals surface area contributed by atoms with Crippen LogP contribution in [0, 0.1) is 0 Å². The number of hydrogen-bond acceptors (Lipinski definition) is 4. The maximum atomic E-state index is 12.5. The lowest BCUT2D eigenvalue weighted by molar-refractivity contribution is -0.137. The second-order valence-electron chi connectivity index (χ2n) is 5.02. The topological polar surface area (TPSA) is 75.3 Å². The number of thiophene rings is 1. The number of rotatable bonds is 6. The molecule has 25 heavy (non-hydrogen) atoms. The Morgan fingerprint density at radius 3 is 2.28 bits per heavy atom. The van der Waals surface area contributed by atoms with Crippen molar-refractivity contribution in [3.63, 3.8) is 0 Å². The van der Waals surface area contributed by atoms with Crippen molar-refractivity contribution in [3.8, 4) is 0 Å². The van der Waals surface area contributed by atoms with Gasteiger partial charge in [-0.25, -0.2) is 13.1 Å². The number of carbonyl (C=O) groups is 1. The molecular formula is C15H15F3N2O3S2. The molecule has 0 aliphatic heterocycles. The molecule has 0 atom stereocenters. The summed E-state index contributed by atoms with van der Waals surface area (Å²) in [4.78, 5) is 12.7. The maximum Gasteiger partial charge on any atom is 0.416 e. The molecule has 136 valence electrons. The second-order valence-corrected chi connectivity index (χ2v) is 8.18. The smallest absolute Gasteiger partial charge is 0.325 e. The van der Waals surface area contributed by atoms with Crippen molar-refractivity contribution in [1.29, 1.82) is 0 Å². The lowest BCUT2D eigenvalue weighted by Crippen LogP contribution is -2.32. The van der Waals surface area contributed by atoms with Crippen molar-refractivity contribution in [1.82, 2.24) is 4.72 Å². The molecule has 1 heterocycles. The van der Waals surface area contributed by atoms with Crippen molar-refractivity contribution in [2.75, 3.05) is 11.9 Å². The summed E-state index contributed by atoms with van der Waals surface area (Å²) in [6.07, 6.45) is -3.76. The van der Waals surface area contributed by atoms with Gasteiger partial charge >= 0.3 is 6.18 Å². The van der Waals surface area contributed by atoms with Gasteiger partial charge in [0.05, 0.1) is 12.1 Å². The molecule has 10 heteroatoms. The van der Waals surface area contributed by atoms with E-state index in [4.69, 9.17) is 0 Å². The summed E-state index contributed by atoms with van der Waals surface area (Å²) in [5, 5.41) is 2.33. The number of alkyl halides is 3. The second kappa shape index (κ2) is 7.54. The molecule has 2 N–H and O–H groups in total. The molecule has 0 bridgehead atoms. The first-order valence-corrected chi connectivity index (χ1v) is 9.47. The number of aryl methyl sites for hydroxylation is 1. The van der Waals surface area contributed by atoms with Gasteiger partial charge in [0, 0.05) is 10.6 Å². The summed E-state index contributed by atoms with van der Waals surface area (Å²) in [5.41, 5.74) is -0.697. The number of halogens is 3. The molecule has 0 aliphatic carbocycles. The fourth-order valence-corrected chi connectivity index (χ4v) is 4.19. The molecule has 0 fully saturated rings. The van der Waals surface area contributed by atoms with Gasteiger partial charge in [0.1, 0.15) is 4.21 Å². The van der Waals surface area contributed by atoms with Crippen LogP contribution in [0.25, 0.3) is 0 Å². The Bertz CT molecular complexity index is 844. The Labute approximate surface area is 146 Å². The van der Waals surface area contributed by atoms with E-state index in [1.54, 1.807) is 6.07 Å². The first-order valence-electron chi connectivity index (χ1n) is 7.17. The predicted octanol–water partition coefficient (Wildman–Crippen LogP) is 3.25. The fourth-order valence-electron chi connectivity index (χ4n) is 1.87. The number of benzene rings is 1. The van der Waals surface area contributed by atoms with Crippen LogP contribution in [0.2, 0.25) is 0 Å². The fraction of sp³-hybridized carbons (Fsp3) is 0.267. The zero-order valence-electron chi connectivity index (χ0n) is 13.1. The summed E-state index contributed by atoms with van der Waals surface area (Å²) in [7, 11) is -3.80. The third kappa shape index (κ3) is 5.28. The number of sulfonamides is 1. The first-order chi connectivity index (χ1) is 11.6. The number of nitrogens with one attached hydrogen (secondary N) is 2. The molecule has 0 radical (unpaired) electrons. The van der Waals surface area contributed by atoms with E-state index >= 15 is 0 Å². The summed E-state index contributed by atoms with van der Waals surface area (Å²) in [6.45, 7) is 1.37. The van der Waals surface area contributed by atoms with Crippen molar-refractivity contribution < 1.29 is 26.4 Å². The molecule has 5 nitrogen and oxygen atoms in total. The van der Waals surface area contributed by atoms with Gasteiger partial charge < -0.3 is 5.32 Å². The Hall–Kier alpha value is -1.91. The molecule has 2 rings (SSSR count). The zero-order chi connectivity index (χ0) is 18.7. The molecule has 2 aromatic rings. The average molecular weight is 392 g/mol. The van der Waals surface area contributed by atoms with Crippen LogP contribution in [0.4, 0.5) is 18.9 Å². The normalized spacial score (nSPS) is 12.2. The van der Waals surface area contributed by atoms with E-state index in [0.29, 0.717) is 6.42 Å². The van der Waals surface area contributed by atoms with Gasteiger partial charge in [0.2, 0.25) is 5.91 Å². The van der Waals surface area contributed by atoms with Gasteiger partial charge in [-0.1, -0.05) is 6.92 Å². The van der Waals surface area contributed by atoms with E-state index in [1.165, 1.54) is 6.07 Å². The maximum absolute atomic E-state index is 12.5. The Balaban J connectivity index is 1.94. The van der Waals surface area contributed by atoms with E-state index < -0.39 is 34.2 Å². The van der Waals surface area contributed by atoms with Crippen LogP contribution in [0.15, 0.2) is 40.6 Å². The van der Waals surface area contributed by atoms with Gasteiger partial charge in [0.15, 0.2) is 0 Å². The van der Waals surface area contributed by atoms with E-state index in [1.807, 2.05) is 6.92 Å². The molecule has 1 aromatic carbocycles. The standard InChI is InChI=1S/C15H15F3N2O3S2/c1-2-12-7-8-14(24-12)25(22,23)19-9-13(21)20-11-5-3-10(4-6-11)15(16,17)18/h3-8,19H,2,9H2,1H3,(H,20,21). The van der Waals surface area contributed by atoms with Crippen LogP contribution in [0.5, 0.6) is 0 Å². The van der Waals surface area contributed by atoms with Crippen LogP contribution in [-0.4, -0.2) is 20.9 Å². The van der Waals surface area contributed by atoms with E-state index in [2.05, 4.69) is 10.0 Å². The molecular weight excluding hydrogens is 377 g/mol. The first kappa shape index (κ1) is 19.4. The summed E-state index contributed by atoms with van der Waals surface area (Å²) >= 11 is 1.11. The highest BCUT2D eigenvalue weighted by Crippen LogP contribution is 2.29. The van der Waals surface area contributed by atoms with Crippen molar-refractivity contribution in [2.45, 2.75) is 23.7 Å². The Kier molecular flexibility index (Phi) is 5.86. The third-order valence-electron chi connectivity index (χ3n) is 3.17. The van der Waals surface area contributed by atoms with Crippen molar-refractivity contribution in [2.24, 2.45) is 0 Å². The zero-order valence-corrected chi connectivity index (χ0v) is 14.7. The highest BCUT2D eigenvalue weighted by molar-refractivity contribution is 7.91. The molecule has 0 spiro atoms. The van der Waals surface area contributed by atoms with Gasteiger partial charge in [-0.3, -0.25) is 4.79 Å². The highest BCUT2D eigenvalue weighted by atomic mass is 32.2. The minimum Gasteiger partial charge on any atom is -0.325 e. The molecule has 0 unspecified atom stereocenters. The number of anilines is 1. The monoisotopic (exact) mass is 392 g/mol. The van der Waals surface area contributed by atoms with Gasteiger partial charge in [0.25, 0.3) is 10.0 Å². The highest BCUT2D eigenvalue weighted by Gasteiger charge is 2.30. The Morgan fingerprint density at radius 2 is 1.76 bits per heavy atom. The van der Waals surface area contributed by atoms with E-state index in [0.717, 1.165) is 40.5 Å². The lowest BCUT2D eigenvalue weighted by Gasteiger charge is -2.09. The van der Waals surface area contributed by atoms with Crippen LogP contribution in [-0.2, 0) is 27.4 Å². The molecule has 1 amide bonds. The average Bonchev–Trinajstić information content (AvgIpc) is 3.03.